The first-order valence-corrected chi connectivity index (χ1v) is 10.0. The zero-order valence-corrected chi connectivity index (χ0v) is 17.2. The maximum Gasteiger partial charge on any atom is 0.253 e. The van der Waals surface area contributed by atoms with E-state index in [1.54, 1.807) is 29.3 Å². The van der Waals surface area contributed by atoms with Crippen LogP contribution in [0, 0.1) is 6.92 Å². The van der Waals surface area contributed by atoms with Crippen molar-refractivity contribution in [3.8, 4) is 5.69 Å². The van der Waals surface area contributed by atoms with Gasteiger partial charge in [0, 0.05) is 30.6 Å². The van der Waals surface area contributed by atoms with Gasteiger partial charge in [0.15, 0.2) is 11.5 Å². The van der Waals surface area contributed by atoms with E-state index in [0.29, 0.717) is 29.4 Å². The molecule has 10 heteroatoms. The number of aryl methyl sites for hydroxylation is 1. The number of halogens is 1. The largest absolute Gasteiger partial charge is 0.348 e. The Balaban J connectivity index is 1.50. The molecule has 146 valence electrons. The van der Waals surface area contributed by atoms with Gasteiger partial charge in [-0.25, -0.2) is 4.98 Å². The van der Waals surface area contributed by atoms with Crippen LogP contribution in [0.1, 0.15) is 46.2 Å². The molecule has 1 aliphatic rings. The minimum absolute atomic E-state index is 0.199. The first-order chi connectivity index (χ1) is 14.1. The Morgan fingerprint density at radius 1 is 1.28 bits per heavy atom. The topological polar surface area (TPSA) is 103 Å². The Morgan fingerprint density at radius 3 is 2.90 bits per heavy atom. The van der Waals surface area contributed by atoms with Crippen LogP contribution in [-0.4, -0.2) is 40.5 Å². The second-order valence-corrected chi connectivity index (χ2v) is 7.91. The highest BCUT2D eigenvalue weighted by molar-refractivity contribution is 9.10. The van der Waals surface area contributed by atoms with Gasteiger partial charge in [0.1, 0.15) is 10.3 Å². The van der Waals surface area contributed by atoms with Gasteiger partial charge in [-0.3, -0.25) is 14.2 Å². The van der Waals surface area contributed by atoms with Gasteiger partial charge < -0.3 is 5.32 Å². The van der Waals surface area contributed by atoms with Crippen LogP contribution < -0.4 is 5.32 Å². The fraction of sp³-hybridized carbons (Fsp3) is 0.263. The van der Waals surface area contributed by atoms with E-state index < -0.39 is 0 Å². The Morgan fingerprint density at radius 2 is 2.14 bits per heavy atom. The number of rotatable bonds is 5. The molecule has 0 unspecified atom stereocenters. The predicted octanol–water partition coefficient (Wildman–Crippen LogP) is 2.58. The Hall–Kier alpha value is -3.14. The van der Waals surface area contributed by atoms with E-state index in [9.17, 15) is 4.79 Å². The van der Waals surface area contributed by atoms with Crippen LogP contribution in [0.5, 0.6) is 0 Å². The number of imidazole rings is 1. The molecule has 29 heavy (non-hydrogen) atoms. The molecule has 9 nitrogen and oxygen atoms in total. The first-order valence-electron chi connectivity index (χ1n) is 9.25. The molecule has 1 fully saturated rings. The maximum atomic E-state index is 12.9. The molecule has 0 bridgehead atoms. The van der Waals surface area contributed by atoms with E-state index in [1.807, 2.05) is 23.5 Å². The summed E-state index contributed by atoms with van der Waals surface area (Å²) < 4.78 is 4.25. The highest BCUT2D eigenvalue weighted by Gasteiger charge is 2.31. The summed E-state index contributed by atoms with van der Waals surface area (Å²) in [7, 11) is 0. The van der Waals surface area contributed by atoms with Crippen molar-refractivity contribution >= 4 is 27.5 Å². The summed E-state index contributed by atoms with van der Waals surface area (Å²) in [6.45, 7) is 2.32. The minimum atomic E-state index is -0.199. The van der Waals surface area contributed by atoms with Crippen molar-refractivity contribution in [2.45, 2.75) is 32.2 Å². The summed E-state index contributed by atoms with van der Waals surface area (Å²) in [5.41, 5.74) is 3.71. The van der Waals surface area contributed by atoms with Crippen molar-refractivity contribution < 1.29 is 4.79 Å². The predicted molar refractivity (Wildman–Crippen MR) is 108 cm³/mol. The molecule has 1 N–H and O–H groups in total. The van der Waals surface area contributed by atoms with Gasteiger partial charge in [-0.2, -0.15) is 4.68 Å². The molecule has 1 aliphatic carbocycles. The lowest BCUT2D eigenvalue weighted by Crippen LogP contribution is -2.23. The molecule has 5 rings (SSSR count). The van der Waals surface area contributed by atoms with E-state index in [1.165, 1.54) is 0 Å². The van der Waals surface area contributed by atoms with Gasteiger partial charge in [-0.15, -0.1) is 5.10 Å². The van der Waals surface area contributed by atoms with Crippen LogP contribution in [-0.2, 0) is 6.54 Å². The van der Waals surface area contributed by atoms with E-state index in [4.69, 9.17) is 0 Å². The normalized spacial score (nSPS) is 13.7. The van der Waals surface area contributed by atoms with Crippen molar-refractivity contribution in [1.29, 1.82) is 0 Å². The summed E-state index contributed by atoms with van der Waals surface area (Å²) in [6, 6.07) is 5.65. The second-order valence-electron chi connectivity index (χ2n) is 7.10. The van der Waals surface area contributed by atoms with Crippen LogP contribution in [0.2, 0.25) is 0 Å². The molecular formula is C19H17BrN8O. The molecule has 0 radical (unpaired) electrons. The number of carbonyl (C=O) groups excluding carboxylic acids is 1. The highest BCUT2D eigenvalue weighted by Crippen LogP contribution is 2.39. The van der Waals surface area contributed by atoms with Crippen molar-refractivity contribution in [3.05, 3.63) is 64.0 Å². The molecule has 0 aromatic carbocycles. The average molecular weight is 453 g/mol. The molecule has 0 atom stereocenters. The van der Waals surface area contributed by atoms with Crippen LogP contribution in [0.4, 0.5) is 0 Å². The number of hydrogen-bond donors (Lipinski definition) is 1. The van der Waals surface area contributed by atoms with Crippen LogP contribution in [0.3, 0.4) is 0 Å². The zero-order valence-electron chi connectivity index (χ0n) is 15.6. The molecule has 0 spiro atoms. The lowest BCUT2D eigenvalue weighted by Gasteiger charge is -2.10. The highest BCUT2D eigenvalue weighted by atomic mass is 79.9. The van der Waals surface area contributed by atoms with E-state index in [0.717, 1.165) is 34.5 Å². The van der Waals surface area contributed by atoms with Crippen molar-refractivity contribution in [3.63, 3.8) is 0 Å². The fourth-order valence-electron chi connectivity index (χ4n) is 3.17. The van der Waals surface area contributed by atoms with E-state index >= 15 is 0 Å². The third-order valence-electron chi connectivity index (χ3n) is 4.89. The number of tetrazole rings is 1. The molecular weight excluding hydrogens is 436 g/mol. The quantitative estimate of drug-likeness (QED) is 0.499. The lowest BCUT2D eigenvalue weighted by atomic mass is 10.2. The summed E-state index contributed by atoms with van der Waals surface area (Å²) >= 11 is 3.49. The number of nitrogens with one attached hydrogen (secondary N) is 1. The SMILES string of the molecule is Cc1ccc(CNC(=O)c2cc(-n3nnnc3C3CC3)c3ncc(Br)n3c2)cn1. The Kier molecular flexibility index (Phi) is 4.35. The number of aromatic nitrogens is 7. The zero-order chi connectivity index (χ0) is 20.0. The Labute approximate surface area is 174 Å². The molecule has 4 heterocycles. The number of fused-ring (bicyclic) bond motifs is 1. The number of nitrogens with zero attached hydrogens (tertiary/aromatic N) is 7. The molecule has 1 amide bonds. The third-order valence-corrected chi connectivity index (χ3v) is 5.48. The van der Waals surface area contributed by atoms with Crippen molar-refractivity contribution in [2.75, 3.05) is 0 Å². The summed E-state index contributed by atoms with van der Waals surface area (Å²) in [6.07, 6.45) is 7.35. The number of amides is 1. The molecule has 0 aliphatic heterocycles. The van der Waals surface area contributed by atoms with Crippen molar-refractivity contribution in [1.82, 2.24) is 39.9 Å². The maximum absolute atomic E-state index is 12.9. The van der Waals surface area contributed by atoms with E-state index in [2.05, 4.69) is 46.7 Å². The third kappa shape index (κ3) is 3.39. The van der Waals surface area contributed by atoms with Crippen molar-refractivity contribution in [2.24, 2.45) is 0 Å². The molecule has 0 saturated heterocycles. The van der Waals surface area contributed by atoms with Gasteiger partial charge in [0.05, 0.1) is 11.8 Å². The second kappa shape index (κ2) is 7.03. The van der Waals surface area contributed by atoms with Gasteiger partial charge in [0.25, 0.3) is 5.91 Å². The average Bonchev–Trinajstić information content (AvgIpc) is 3.34. The molecule has 4 aromatic rings. The van der Waals surface area contributed by atoms with Gasteiger partial charge in [-0.05, 0) is 63.8 Å². The van der Waals surface area contributed by atoms with Crippen LogP contribution in [0.15, 0.2) is 41.4 Å². The Bertz CT molecular complexity index is 1210. The first kappa shape index (κ1) is 17.9. The smallest absolute Gasteiger partial charge is 0.253 e. The van der Waals surface area contributed by atoms with Crippen LogP contribution >= 0.6 is 15.9 Å². The number of carbonyl (C=O) groups is 1. The summed E-state index contributed by atoms with van der Waals surface area (Å²) in [5.74, 6) is 0.958. The van der Waals surface area contributed by atoms with Gasteiger partial charge >= 0.3 is 0 Å². The number of pyridine rings is 2. The lowest BCUT2D eigenvalue weighted by molar-refractivity contribution is 0.0950. The molecule has 1 saturated carbocycles. The standard InChI is InChI=1S/C19H17BrN8O/c1-11-2-3-12(7-21-11)8-23-19(29)14-6-15(18-22-9-16(20)27(18)10-14)28-17(13-4-5-13)24-25-26-28/h2-3,6-7,9-10,13H,4-5,8H2,1H3,(H,23,29). The summed E-state index contributed by atoms with van der Waals surface area (Å²) in [4.78, 5) is 21.6. The minimum Gasteiger partial charge on any atom is -0.348 e. The molecule has 4 aromatic heterocycles. The number of hydrogen-bond acceptors (Lipinski definition) is 6. The van der Waals surface area contributed by atoms with Gasteiger partial charge in [0.2, 0.25) is 0 Å². The van der Waals surface area contributed by atoms with Crippen LogP contribution in [0.25, 0.3) is 11.3 Å². The summed E-state index contributed by atoms with van der Waals surface area (Å²) in [5, 5.41) is 15.1. The monoisotopic (exact) mass is 452 g/mol. The van der Waals surface area contributed by atoms with E-state index in [-0.39, 0.29) is 5.91 Å². The fourth-order valence-corrected chi connectivity index (χ4v) is 3.54. The van der Waals surface area contributed by atoms with Gasteiger partial charge in [-0.1, -0.05) is 6.07 Å².